The molecule has 0 fully saturated rings. The summed E-state index contributed by atoms with van der Waals surface area (Å²) in [7, 11) is 1.57. The molecule has 1 aromatic rings. The van der Waals surface area contributed by atoms with Crippen LogP contribution in [0.2, 0.25) is 0 Å². The van der Waals surface area contributed by atoms with Gasteiger partial charge in [-0.1, -0.05) is 0 Å². The van der Waals surface area contributed by atoms with Gasteiger partial charge in [-0.25, -0.2) is 9.18 Å². The smallest absolute Gasteiger partial charge is 0.340 e. The second-order valence-corrected chi connectivity index (χ2v) is 4.96. The molecule has 0 aliphatic rings. The number of carbonyl (C=O) groups is 1. The number of hydrogen-bond acceptors (Lipinski definition) is 5. The molecule has 0 radical (unpaired) electrons. The molecule has 0 saturated heterocycles. The number of nitrogen functional groups attached to an aromatic ring is 1. The predicted octanol–water partition coefficient (Wildman–Crippen LogP) is 2.42. The van der Waals surface area contributed by atoms with Crippen molar-refractivity contribution in [1.82, 2.24) is 0 Å². The van der Waals surface area contributed by atoms with Crippen LogP contribution >= 0.6 is 0 Å². The van der Waals surface area contributed by atoms with Crippen LogP contribution in [0.1, 0.15) is 31.1 Å². The standard InChI is InChI=1S/C14H21FN2O3/c1-5-20-13(18)9-6-12(10(15)7-11(9)16)17-8-14(2,3)19-4/h6-7,17H,5,8,16H2,1-4H3. The topological polar surface area (TPSA) is 73.6 Å². The Morgan fingerprint density at radius 3 is 2.65 bits per heavy atom. The normalized spacial score (nSPS) is 11.2. The number of nitrogens with one attached hydrogen (secondary N) is 1. The number of methoxy groups -OCH3 is 1. The van der Waals surface area contributed by atoms with Gasteiger partial charge >= 0.3 is 5.97 Å². The summed E-state index contributed by atoms with van der Waals surface area (Å²) in [4.78, 5) is 11.7. The van der Waals surface area contributed by atoms with Crippen molar-refractivity contribution in [2.24, 2.45) is 0 Å². The first kappa shape index (κ1) is 16.2. The average molecular weight is 284 g/mol. The first-order valence-electron chi connectivity index (χ1n) is 6.36. The van der Waals surface area contributed by atoms with Gasteiger partial charge in [0.25, 0.3) is 0 Å². The van der Waals surface area contributed by atoms with E-state index >= 15 is 0 Å². The Labute approximate surface area is 118 Å². The molecule has 20 heavy (non-hydrogen) atoms. The zero-order valence-corrected chi connectivity index (χ0v) is 12.2. The van der Waals surface area contributed by atoms with Crippen LogP contribution in [-0.4, -0.2) is 31.8 Å². The maximum atomic E-state index is 13.8. The van der Waals surface area contributed by atoms with Crippen molar-refractivity contribution in [3.05, 3.63) is 23.5 Å². The molecule has 0 bridgehead atoms. The zero-order valence-electron chi connectivity index (χ0n) is 12.2. The lowest BCUT2D eigenvalue weighted by atomic mass is 10.1. The molecule has 0 spiro atoms. The van der Waals surface area contributed by atoms with Gasteiger partial charge < -0.3 is 20.5 Å². The molecule has 5 nitrogen and oxygen atoms in total. The molecule has 6 heteroatoms. The van der Waals surface area contributed by atoms with E-state index in [4.69, 9.17) is 15.2 Å². The highest BCUT2D eigenvalue weighted by molar-refractivity contribution is 5.96. The summed E-state index contributed by atoms with van der Waals surface area (Å²) in [6, 6.07) is 2.46. The van der Waals surface area contributed by atoms with Gasteiger partial charge in [0, 0.05) is 19.3 Å². The molecule has 112 valence electrons. The Hall–Kier alpha value is -1.82. The molecule has 0 amide bonds. The van der Waals surface area contributed by atoms with Crippen molar-refractivity contribution in [2.75, 3.05) is 31.3 Å². The van der Waals surface area contributed by atoms with Gasteiger partial charge in [-0.15, -0.1) is 0 Å². The van der Waals surface area contributed by atoms with Crippen LogP contribution in [0.3, 0.4) is 0 Å². The second kappa shape index (κ2) is 6.56. The van der Waals surface area contributed by atoms with Gasteiger partial charge in [0.1, 0.15) is 5.82 Å². The molecule has 0 aliphatic heterocycles. The molecular formula is C14H21FN2O3. The van der Waals surface area contributed by atoms with Gasteiger partial charge in [-0.2, -0.15) is 0 Å². The first-order valence-corrected chi connectivity index (χ1v) is 6.36. The van der Waals surface area contributed by atoms with Crippen LogP contribution in [0.25, 0.3) is 0 Å². The van der Waals surface area contributed by atoms with E-state index < -0.39 is 17.4 Å². The van der Waals surface area contributed by atoms with Crippen LogP contribution in [0.4, 0.5) is 15.8 Å². The summed E-state index contributed by atoms with van der Waals surface area (Å²) >= 11 is 0. The number of rotatable bonds is 6. The van der Waals surface area contributed by atoms with E-state index in [2.05, 4.69) is 5.32 Å². The highest BCUT2D eigenvalue weighted by Crippen LogP contribution is 2.24. The summed E-state index contributed by atoms with van der Waals surface area (Å²) in [6.45, 7) is 6.03. The molecular weight excluding hydrogens is 263 g/mol. The number of benzene rings is 1. The van der Waals surface area contributed by atoms with E-state index in [0.717, 1.165) is 6.07 Å². The lowest BCUT2D eigenvalue weighted by Gasteiger charge is -2.24. The van der Waals surface area contributed by atoms with Crippen molar-refractivity contribution in [3.63, 3.8) is 0 Å². The fourth-order valence-corrected chi connectivity index (χ4v) is 1.49. The summed E-state index contributed by atoms with van der Waals surface area (Å²) in [6.07, 6.45) is 0. The number of esters is 1. The molecule has 0 saturated carbocycles. The van der Waals surface area contributed by atoms with Crippen LogP contribution in [0, 0.1) is 5.82 Å². The summed E-state index contributed by atoms with van der Waals surface area (Å²) in [5.41, 5.74) is 5.56. The van der Waals surface area contributed by atoms with Gasteiger partial charge in [0.05, 0.1) is 23.5 Å². The summed E-state index contributed by atoms with van der Waals surface area (Å²) in [5.74, 6) is -1.10. The van der Waals surface area contributed by atoms with Gasteiger partial charge in [0.15, 0.2) is 0 Å². The quantitative estimate of drug-likeness (QED) is 0.620. The van der Waals surface area contributed by atoms with E-state index in [9.17, 15) is 9.18 Å². The molecule has 3 N–H and O–H groups in total. The van der Waals surface area contributed by atoms with Crippen molar-refractivity contribution >= 4 is 17.3 Å². The maximum Gasteiger partial charge on any atom is 0.340 e. The third kappa shape index (κ3) is 4.09. The van der Waals surface area contributed by atoms with Crippen LogP contribution < -0.4 is 11.1 Å². The largest absolute Gasteiger partial charge is 0.462 e. The minimum absolute atomic E-state index is 0.0532. The number of ether oxygens (including phenoxy) is 2. The van der Waals surface area contributed by atoms with Crippen LogP contribution in [0.5, 0.6) is 0 Å². The summed E-state index contributed by atoms with van der Waals surface area (Å²) in [5, 5.41) is 2.91. The fourth-order valence-electron chi connectivity index (χ4n) is 1.49. The monoisotopic (exact) mass is 284 g/mol. The Morgan fingerprint density at radius 1 is 1.45 bits per heavy atom. The third-order valence-electron chi connectivity index (χ3n) is 2.89. The first-order chi connectivity index (χ1) is 9.30. The molecule has 1 aromatic carbocycles. The highest BCUT2D eigenvalue weighted by Gasteiger charge is 2.19. The SMILES string of the molecule is CCOC(=O)c1cc(NCC(C)(C)OC)c(F)cc1N. The van der Waals surface area contributed by atoms with E-state index in [1.807, 2.05) is 13.8 Å². The molecule has 0 aliphatic carbocycles. The number of carbonyl (C=O) groups excluding carboxylic acids is 1. The van der Waals surface area contributed by atoms with Gasteiger partial charge in [0.2, 0.25) is 0 Å². The Kier molecular flexibility index (Phi) is 5.33. The third-order valence-corrected chi connectivity index (χ3v) is 2.89. The number of hydrogen-bond donors (Lipinski definition) is 2. The maximum absolute atomic E-state index is 13.8. The minimum atomic E-state index is -0.570. The zero-order chi connectivity index (χ0) is 15.3. The Balaban J connectivity index is 2.97. The van der Waals surface area contributed by atoms with Crippen molar-refractivity contribution < 1.29 is 18.7 Å². The Morgan fingerprint density at radius 2 is 2.10 bits per heavy atom. The highest BCUT2D eigenvalue weighted by atomic mass is 19.1. The van der Waals surface area contributed by atoms with Crippen molar-refractivity contribution in [1.29, 1.82) is 0 Å². The number of anilines is 2. The van der Waals surface area contributed by atoms with E-state index in [1.54, 1.807) is 14.0 Å². The lowest BCUT2D eigenvalue weighted by molar-refractivity contribution is 0.0343. The van der Waals surface area contributed by atoms with Gasteiger partial charge in [-0.05, 0) is 32.9 Å². The molecule has 0 aromatic heterocycles. The second-order valence-electron chi connectivity index (χ2n) is 4.96. The molecule has 0 unspecified atom stereocenters. The Bertz CT molecular complexity index is 490. The fraction of sp³-hybridized carbons (Fsp3) is 0.500. The van der Waals surface area contributed by atoms with E-state index in [1.165, 1.54) is 6.07 Å². The van der Waals surface area contributed by atoms with E-state index in [-0.39, 0.29) is 23.5 Å². The number of halogens is 1. The lowest BCUT2D eigenvalue weighted by Crippen LogP contribution is -2.32. The minimum Gasteiger partial charge on any atom is -0.462 e. The van der Waals surface area contributed by atoms with Crippen molar-refractivity contribution in [3.8, 4) is 0 Å². The van der Waals surface area contributed by atoms with Crippen LogP contribution in [-0.2, 0) is 9.47 Å². The molecule has 0 heterocycles. The number of nitrogens with two attached hydrogens (primary N) is 1. The van der Waals surface area contributed by atoms with Crippen molar-refractivity contribution in [2.45, 2.75) is 26.4 Å². The molecule has 1 rings (SSSR count). The van der Waals surface area contributed by atoms with E-state index in [0.29, 0.717) is 6.54 Å². The average Bonchev–Trinajstić information content (AvgIpc) is 2.38. The summed E-state index contributed by atoms with van der Waals surface area (Å²) < 4.78 is 23.9. The molecule has 0 atom stereocenters. The predicted molar refractivity (Wildman–Crippen MR) is 76.3 cm³/mol. The van der Waals surface area contributed by atoms with Crippen LogP contribution in [0.15, 0.2) is 12.1 Å². The van der Waals surface area contributed by atoms with Gasteiger partial charge in [-0.3, -0.25) is 0 Å².